The van der Waals surface area contributed by atoms with Crippen LogP contribution in [0.2, 0.25) is 0 Å². The summed E-state index contributed by atoms with van der Waals surface area (Å²) in [5, 5.41) is 2.54. The second-order valence-electron chi connectivity index (χ2n) is 5.87. The number of carbonyl (C=O) groups excluding carboxylic acids is 1. The van der Waals surface area contributed by atoms with Gasteiger partial charge in [-0.25, -0.2) is 12.7 Å². The third-order valence-electron chi connectivity index (χ3n) is 3.60. The maximum absolute atomic E-state index is 12.3. The van der Waals surface area contributed by atoms with E-state index in [1.165, 1.54) is 43.6 Å². The fraction of sp³-hybridized carbons (Fsp3) is 0.278. The number of anilines is 1. The highest BCUT2D eigenvalue weighted by atomic mass is 32.2. The molecule has 0 unspecified atom stereocenters. The van der Waals surface area contributed by atoms with Gasteiger partial charge in [0.05, 0.1) is 10.1 Å². The lowest BCUT2D eigenvalue weighted by Gasteiger charge is -2.14. The molecule has 0 bridgehead atoms. The third-order valence-corrected chi connectivity index (χ3v) is 6.54. The summed E-state index contributed by atoms with van der Waals surface area (Å²) in [4.78, 5) is 13.5. The number of aryl methyl sites for hydroxylation is 1. The molecule has 1 atom stereocenters. The molecule has 0 heterocycles. The number of carbonyl (C=O) groups is 1. The summed E-state index contributed by atoms with van der Waals surface area (Å²) in [5.41, 5.74) is 1.74. The van der Waals surface area contributed by atoms with E-state index >= 15 is 0 Å². The van der Waals surface area contributed by atoms with E-state index in [4.69, 9.17) is 0 Å². The van der Waals surface area contributed by atoms with Crippen LogP contribution in [0.3, 0.4) is 0 Å². The van der Waals surface area contributed by atoms with Crippen molar-refractivity contribution in [2.45, 2.75) is 28.9 Å². The van der Waals surface area contributed by atoms with Gasteiger partial charge in [-0.3, -0.25) is 4.79 Å². The van der Waals surface area contributed by atoms with Crippen LogP contribution in [0.4, 0.5) is 5.69 Å². The molecule has 1 amide bonds. The van der Waals surface area contributed by atoms with Gasteiger partial charge in [-0.05, 0) is 50.2 Å². The first-order valence-electron chi connectivity index (χ1n) is 7.77. The zero-order valence-electron chi connectivity index (χ0n) is 14.7. The third kappa shape index (κ3) is 5.07. The molecule has 0 aromatic heterocycles. The van der Waals surface area contributed by atoms with E-state index in [0.717, 1.165) is 9.20 Å². The number of amides is 1. The monoisotopic (exact) mass is 378 g/mol. The van der Waals surface area contributed by atoms with Crippen LogP contribution >= 0.6 is 11.8 Å². The Morgan fingerprint density at radius 2 is 1.60 bits per heavy atom. The maximum atomic E-state index is 12.3. The summed E-state index contributed by atoms with van der Waals surface area (Å²) in [5.74, 6) is -0.131. The van der Waals surface area contributed by atoms with Gasteiger partial charge in [0.25, 0.3) is 0 Å². The van der Waals surface area contributed by atoms with Crippen molar-refractivity contribution in [3.05, 3.63) is 54.1 Å². The molecule has 0 aliphatic carbocycles. The Balaban J connectivity index is 2.01. The zero-order valence-corrected chi connectivity index (χ0v) is 16.3. The first kappa shape index (κ1) is 19.5. The van der Waals surface area contributed by atoms with Gasteiger partial charge in [-0.15, -0.1) is 11.8 Å². The molecule has 0 saturated carbocycles. The summed E-state index contributed by atoms with van der Waals surface area (Å²) in [6, 6.07) is 14.2. The van der Waals surface area contributed by atoms with Crippen molar-refractivity contribution >= 4 is 33.4 Å². The van der Waals surface area contributed by atoms with Crippen molar-refractivity contribution in [1.82, 2.24) is 4.31 Å². The number of hydrogen-bond acceptors (Lipinski definition) is 4. The SMILES string of the molecule is Cc1ccc(S[C@@H](C)C(=O)Nc2ccc(S(=O)(=O)N(C)C)cc2)cc1. The molecule has 0 spiro atoms. The summed E-state index contributed by atoms with van der Waals surface area (Å²) < 4.78 is 25.2. The minimum Gasteiger partial charge on any atom is -0.325 e. The molecule has 2 aromatic rings. The smallest absolute Gasteiger partial charge is 0.242 e. The molecule has 2 rings (SSSR count). The summed E-state index contributed by atoms with van der Waals surface area (Å²) in [6.45, 7) is 3.86. The molecule has 1 N–H and O–H groups in total. The van der Waals surface area contributed by atoms with Gasteiger partial charge in [0.2, 0.25) is 15.9 Å². The van der Waals surface area contributed by atoms with Crippen LogP contribution < -0.4 is 5.32 Å². The molecule has 7 heteroatoms. The summed E-state index contributed by atoms with van der Waals surface area (Å²) in [6.07, 6.45) is 0. The van der Waals surface area contributed by atoms with E-state index in [1.54, 1.807) is 12.1 Å². The van der Waals surface area contributed by atoms with Crippen LogP contribution in [0.1, 0.15) is 12.5 Å². The van der Waals surface area contributed by atoms with E-state index in [1.807, 2.05) is 38.1 Å². The van der Waals surface area contributed by atoms with E-state index in [0.29, 0.717) is 5.69 Å². The quantitative estimate of drug-likeness (QED) is 0.783. The Morgan fingerprint density at radius 1 is 1.04 bits per heavy atom. The molecule has 5 nitrogen and oxygen atoms in total. The highest BCUT2D eigenvalue weighted by Crippen LogP contribution is 2.25. The molecule has 0 radical (unpaired) electrons. The van der Waals surface area contributed by atoms with Crippen LogP contribution in [0, 0.1) is 6.92 Å². The molecule has 0 aliphatic heterocycles. The van der Waals surface area contributed by atoms with Crippen molar-refractivity contribution in [3.8, 4) is 0 Å². The normalized spacial score (nSPS) is 12.8. The van der Waals surface area contributed by atoms with Gasteiger partial charge in [-0.2, -0.15) is 0 Å². The lowest BCUT2D eigenvalue weighted by molar-refractivity contribution is -0.115. The van der Waals surface area contributed by atoms with Crippen molar-refractivity contribution in [2.75, 3.05) is 19.4 Å². The van der Waals surface area contributed by atoms with E-state index in [2.05, 4.69) is 5.32 Å². The average molecular weight is 379 g/mol. The number of sulfonamides is 1. The fourth-order valence-electron chi connectivity index (χ4n) is 2.04. The van der Waals surface area contributed by atoms with Crippen molar-refractivity contribution in [1.29, 1.82) is 0 Å². The molecule has 0 aliphatic rings. The second-order valence-corrected chi connectivity index (χ2v) is 9.44. The van der Waals surface area contributed by atoms with Crippen LogP contribution in [0.15, 0.2) is 58.3 Å². The lowest BCUT2D eigenvalue weighted by atomic mass is 10.2. The predicted octanol–water partition coefficient (Wildman–Crippen LogP) is 3.36. The van der Waals surface area contributed by atoms with Gasteiger partial charge in [0.1, 0.15) is 0 Å². The van der Waals surface area contributed by atoms with Crippen molar-refractivity contribution in [2.24, 2.45) is 0 Å². The molecular weight excluding hydrogens is 356 g/mol. The Labute approximate surface area is 153 Å². The van der Waals surface area contributed by atoms with E-state index in [-0.39, 0.29) is 16.1 Å². The Kier molecular flexibility index (Phi) is 6.26. The molecule has 2 aromatic carbocycles. The highest BCUT2D eigenvalue weighted by Gasteiger charge is 2.18. The van der Waals surface area contributed by atoms with E-state index in [9.17, 15) is 13.2 Å². The summed E-state index contributed by atoms with van der Waals surface area (Å²) in [7, 11) is -0.504. The number of rotatable bonds is 6. The molecule has 0 saturated heterocycles. The van der Waals surface area contributed by atoms with Gasteiger partial charge >= 0.3 is 0 Å². The van der Waals surface area contributed by atoms with E-state index < -0.39 is 10.0 Å². The van der Waals surface area contributed by atoms with Crippen LogP contribution in [0.5, 0.6) is 0 Å². The predicted molar refractivity (Wildman–Crippen MR) is 102 cm³/mol. The molecule has 25 heavy (non-hydrogen) atoms. The average Bonchev–Trinajstić information content (AvgIpc) is 2.57. The van der Waals surface area contributed by atoms with Crippen LogP contribution in [0.25, 0.3) is 0 Å². The first-order valence-corrected chi connectivity index (χ1v) is 10.1. The van der Waals surface area contributed by atoms with Crippen molar-refractivity contribution < 1.29 is 13.2 Å². The Morgan fingerprint density at radius 3 is 2.12 bits per heavy atom. The minimum atomic E-state index is -3.47. The molecule has 134 valence electrons. The molecule has 0 fully saturated rings. The Hall–Kier alpha value is -1.83. The fourth-order valence-corrected chi connectivity index (χ4v) is 3.81. The second kappa shape index (κ2) is 8.03. The van der Waals surface area contributed by atoms with Crippen LogP contribution in [-0.2, 0) is 14.8 Å². The van der Waals surface area contributed by atoms with Crippen LogP contribution in [-0.4, -0.2) is 38.0 Å². The van der Waals surface area contributed by atoms with Gasteiger partial charge < -0.3 is 5.32 Å². The number of hydrogen-bond donors (Lipinski definition) is 1. The lowest BCUT2D eigenvalue weighted by Crippen LogP contribution is -2.23. The standard InChI is InChI=1S/C18H22N2O3S2/c1-13-5-9-16(10-6-13)24-14(2)18(21)19-15-7-11-17(12-8-15)25(22,23)20(3)4/h5-12,14H,1-4H3,(H,19,21)/t14-/m0/s1. The highest BCUT2D eigenvalue weighted by molar-refractivity contribution is 8.00. The minimum absolute atomic E-state index is 0.131. The first-order chi connectivity index (χ1) is 11.7. The number of nitrogens with one attached hydrogen (secondary N) is 1. The largest absolute Gasteiger partial charge is 0.325 e. The zero-order chi connectivity index (χ0) is 18.6. The van der Waals surface area contributed by atoms with Gasteiger partial charge in [0, 0.05) is 24.7 Å². The Bertz CT molecular complexity index is 830. The number of nitrogens with zero attached hydrogens (tertiary/aromatic N) is 1. The van der Waals surface area contributed by atoms with Crippen molar-refractivity contribution in [3.63, 3.8) is 0 Å². The molecular formula is C18H22N2O3S2. The van der Waals surface area contributed by atoms with Gasteiger partial charge in [-0.1, -0.05) is 17.7 Å². The van der Waals surface area contributed by atoms with Gasteiger partial charge in [0.15, 0.2) is 0 Å². The topological polar surface area (TPSA) is 66.5 Å². The number of thioether (sulfide) groups is 1. The maximum Gasteiger partial charge on any atom is 0.242 e. The summed E-state index contributed by atoms with van der Waals surface area (Å²) >= 11 is 1.48. The number of benzene rings is 2.